The Morgan fingerprint density at radius 3 is 2.17 bits per heavy atom. The van der Waals surface area contributed by atoms with Gasteiger partial charge < -0.3 is 68.3 Å². The minimum absolute atomic E-state index is 0.0145. The smallest absolute Gasteiger partial charge is 0.407 e. The first-order chi connectivity index (χ1) is 33.3. The van der Waals surface area contributed by atoms with Crippen molar-refractivity contribution in [1.29, 1.82) is 0 Å². The van der Waals surface area contributed by atoms with Crippen LogP contribution in [0.2, 0.25) is 0 Å². The lowest BCUT2D eigenvalue weighted by Gasteiger charge is -2.49. The molecule has 0 aromatic rings. The summed E-state index contributed by atoms with van der Waals surface area (Å²) in [7, 11) is 5.30. The molecule has 71 heavy (non-hydrogen) atoms. The van der Waals surface area contributed by atoms with Crippen molar-refractivity contribution in [3.8, 4) is 0 Å². The number of nitrogens with zero attached hydrogens (tertiary/aromatic N) is 2. The monoisotopic (exact) mass is 1010 g/mol. The molecule has 0 aromatic carbocycles. The van der Waals surface area contributed by atoms with E-state index in [0.717, 1.165) is 25.7 Å². The van der Waals surface area contributed by atoms with Gasteiger partial charge in [-0.3, -0.25) is 9.59 Å². The van der Waals surface area contributed by atoms with E-state index in [-0.39, 0.29) is 31.4 Å². The standard InChI is InChI=1S/C53H95N3O15/c1-16-18-26-54-50(60)70-44-39(56(13)14)28-32(4)65-49(44)71-46-34(6)43(69-41-30-52(11,63-15)47(36(8)66-41)67-37(9)57)35(7)48(59)68-40(17-2)53(12,62)45(58)33(5)42(31(3)29-51(46,10)61)55-64-27-22-25-38-23-20-19-21-24-38/h31-36,38-41,43-47,49,58,61-62H,16-30H2,1-15H3,(H,54,60)/b55-42+/t31-,32-,33-,34+,35-,36+,39+,40+,41+,43+,44-,45-,46-,47+,49?,51?,52-,53-/m1/s1. The number of rotatable bonds is 17. The number of carbonyl (C=O) groups is 3. The van der Waals surface area contributed by atoms with Gasteiger partial charge in [0.1, 0.15) is 23.9 Å². The van der Waals surface area contributed by atoms with Gasteiger partial charge in [-0.2, -0.15) is 0 Å². The van der Waals surface area contributed by atoms with Crippen molar-refractivity contribution >= 4 is 23.7 Å². The van der Waals surface area contributed by atoms with E-state index in [2.05, 4.69) is 10.5 Å². The van der Waals surface area contributed by atoms with Gasteiger partial charge in [-0.1, -0.05) is 78.3 Å². The molecule has 0 spiro atoms. The second-order valence-corrected chi connectivity index (χ2v) is 22.3. The van der Waals surface area contributed by atoms with Gasteiger partial charge in [0, 0.05) is 44.8 Å². The van der Waals surface area contributed by atoms with Crippen molar-refractivity contribution in [3.63, 3.8) is 0 Å². The lowest BCUT2D eigenvalue weighted by atomic mass is 9.73. The largest absolute Gasteiger partial charge is 0.459 e. The average Bonchev–Trinajstić information content (AvgIpc) is 3.30. The van der Waals surface area contributed by atoms with Crippen molar-refractivity contribution in [2.24, 2.45) is 34.7 Å². The number of alkyl carbamates (subject to hydrolysis) is 1. The quantitative estimate of drug-likeness (QED) is 0.0496. The predicted molar refractivity (Wildman–Crippen MR) is 267 cm³/mol. The van der Waals surface area contributed by atoms with Crippen LogP contribution in [0.3, 0.4) is 0 Å². The van der Waals surface area contributed by atoms with E-state index in [1.165, 1.54) is 53.1 Å². The molecule has 0 bridgehead atoms. The number of methoxy groups -OCH3 is 1. The summed E-state index contributed by atoms with van der Waals surface area (Å²) < 4.78 is 51.1. The molecule has 18 heteroatoms. The van der Waals surface area contributed by atoms with Crippen molar-refractivity contribution in [2.75, 3.05) is 34.4 Å². The summed E-state index contributed by atoms with van der Waals surface area (Å²) in [6.07, 6.45) is -0.422. The third-order valence-electron chi connectivity index (χ3n) is 15.9. The Balaban J connectivity index is 1.87. The van der Waals surface area contributed by atoms with Gasteiger partial charge in [0.15, 0.2) is 24.8 Å². The van der Waals surface area contributed by atoms with Crippen molar-refractivity contribution in [2.45, 2.75) is 251 Å². The summed E-state index contributed by atoms with van der Waals surface area (Å²) in [4.78, 5) is 48.5. The van der Waals surface area contributed by atoms with E-state index < -0.39 is 114 Å². The fourth-order valence-electron chi connectivity index (χ4n) is 11.7. The molecule has 4 rings (SSSR count). The molecule has 412 valence electrons. The highest BCUT2D eigenvalue weighted by Crippen LogP contribution is 2.42. The molecule has 4 aliphatic rings. The highest BCUT2D eigenvalue weighted by Gasteiger charge is 2.55. The number of likely N-dealkylation sites (N-methyl/N-ethyl adjacent to an activating group) is 1. The summed E-state index contributed by atoms with van der Waals surface area (Å²) >= 11 is 0. The van der Waals surface area contributed by atoms with Crippen LogP contribution in [0.25, 0.3) is 0 Å². The normalized spacial score (nSPS) is 40.9. The molecule has 18 nitrogen and oxygen atoms in total. The first kappa shape index (κ1) is 60.9. The van der Waals surface area contributed by atoms with Gasteiger partial charge in [0.25, 0.3) is 0 Å². The van der Waals surface area contributed by atoms with E-state index in [1.54, 1.807) is 48.5 Å². The van der Waals surface area contributed by atoms with E-state index in [0.29, 0.717) is 31.2 Å². The number of amides is 1. The molecule has 3 heterocycles. The Hall–Kier alpha value is -2.68. The number of carbonyl (C=O) groups excluding carboxylic acids is 3. The summed E-state index contributed by atoms with van der Waals surface area (Å²) in [5, 5.41) is 45.2. The summed E-state index contributed by atoms with van der Waals surface area (Å²) in [5.41, 5.74) is -4.45. The van der Waals surface area contributed by atoms with E-state index in [4.69, 9.17) is 42.7 Å². The van der Waals surface area contributed by atoms with Crippen LogP contribution < -0.4 is 5.32 Å². The van der Waals surface area contributed by atoms with E-state index >= 15 is 0 Å². The van der Waals surface area contributed by atoms with Gasteiger partial charge >= 0.3 is 18.0 Å². The second-order valence-electron chi connectivity index (χ2n) is 22.3. The van der Waals surface area contributed by atoms with Crippen LogP contribution in [0.4, 0.5) is 4.79 Å². The molecule has 3 saturated heterocycles. The number of hydrogen-bond donors (Lipinski definition) is 4. The van der Waals surface area contributed by atoms with Gasteiger partial charge in [0.05, 0.1) is 53.8 Å². The Kier molecular flexibility index (Phi) is 23.3. The van der Waals surface area contributed by atoms with Gasteiger partial charge in [0.2, 0.25) is 0 Å². The summed E-state index contributed by atoms with van der Waals surface area (Å²) in [6.45, 7) is 21.5. The third-order valence-corrected chi connectivity index (χ3v) is 15.9. The average molecular weight is 1010 g/mol. The number of esters is 2. The molecule has 18 atom stereocenters. The maximum atomic E-state index is 14.7. The maximum absolute atomic E-state index is 14.7. The van der Waals surface area contributed by atoms with Crippen LogP contribution in [0.1, 0.15) is 167 Å². The van der Waals surface area contributed by atoms with Crippen molar-refractivity contribution in [1.82, 2.24) is 10.2 Å². The number of nitrogens with one attached hydrogen (secondary N) is 1. The topological polar surface area (TPSA) is 223 Å². The van der Waals surface area contributed by atoms with Crippen LogP contribution in [-0.2, 0) is 52.3 Å². The molecule has 4 N–H and O–H groups in total. The molecule has 0 radical (unpaired) electrons. The van der Waals surface area contributed by atoms with E-state index in [9.17, 15) is 29.7 Å². The fraction of sp³-hybridized carbons (Fsp3) is 0.925. The first-order valence-electron chi connectivity index (χ1n) is 26.8. The van der Waals surface area contributed by atoms with Gasteiger partial charge in [-0.05, 0) is 100 Å². The minimum atomic E-state index is -1.96. The molecule has 4 fully saturated rings. The molecule has 1 aliphatic carbocycles. The number of aliphatic hydroxyl groups is 3. The van der Waals surface area contributed by atoms with Crippen LogP contribution in [0, 0.1) is 29.6 Å². The summed E-state index contributed by atoms with van der Waals surface area (Å²) in [5.74, 6) is -4.02. The molecule has 1 saturated carbocycles. The fourth-order valence-corrected chi connectivity index (χ4v) is 11.7. The predicted octanol–water partition coefficient (Wildman–Crippen LogP) is 7.05. The Labute approximate surface area is 425 Å². The van der Waals surface area contributed by atoms with Crippen molar-refractivity contribution < 1.29 is 72.4 Å². The van der Waals surface area contributed by atoms with Gasteiger partial charge in [-0.25, -0.2) is 4.79 Å². The number of aliphatic hydroxyl groups excluding tert-OH is 1. The Morgan fingerprint density at radius 2 is 1.56 bits per heavy atom. The van der Waals surface area contributed by atoms with Crippen LogP contribution in [0.15, 0.2) is 5.16 Å². The SMILES string of the molecule is CCCCNC(=O)O[C@H]1C(O[C@@H]2[C@@H](C)[C@H](O[C@H]3C[C@@](C)(OC)[C@@H](OC(C)=O)[C@H](C)O3)[C@@H](C)C(=O)O[C@@H](CC)[C@@](C)(O)[C@H](O)[C@H](C)/C(=N/OCCCC3CCCCC3)[C@H](C)CC2(C)O)O[C@H](C)C[C@@H]1N(C)C. The van der Waals surface area contributed by atoms with Crippen molar-refractivity contribution in [3.05, 3.63) is 0 Å². The molecule has 2 unspecified atom stereocenters. The molecule has 1 amide bonds. The van der Waals surface area contributed by atoms with Gasteiger partial charge in [-0.15, -0.1) is 0 Å². The zero-order valence-corrected chi connectivity index (χ0v) is 46.0. The lowest BCUT2D eigenvalue weighted by Crippen LogP contribution is -2.62. The molecule has 0 aromatic heterocycles. The van der Waals surface area contributed by atoms with E-state index in [1.807, 2.05) is 39.8 Å². The molecular formula is C53H95N3O15. The highest BCUT2D eigenvalue weighted by molar-refractivity contribution is 5.88. The maximum Gasteiger partial charge on any atom is 0.407 e. The van der Waals surface area contributed by atoms with Crippen LogP contribution in [-0.4, -0.2) is 163 Å². The number of hydrogen-bond acceptors (Lipinski definition) is 17. The lowest BCUT2D eigenvalue weighted by molar-refractivity contribution is -0.318. The Morgan fingerprint density at radius 1 is 0.887 bits per heavy atom. The summed E-state index contributed by atoms with van der Waals surface area (Å²) in [6, 6.07) is -0.358. The second kappa shape index (κ2) is 27.2. The highest BCUT2D eigenvalue weighted by atomic mass is 16.7. The number of unbranched alkanes of at least 4 members (excludes halogenated alkanes) is 1. The third kappa shape index (κ3) is 16.2. The zero-order chi connectivity index (χ0) is 53.0. The Bertz CT molecular complexity index is 1690. The van der Waals surface area contributed by atoms with Crippen LogP contribution in [0.5, 0.6) is 0 Å². The number of ether oxygens (including phenoxy) is 8. The first-order valence-corrected chi connectivity index (χ1v) is 26.8. The zero-order valence-electron chi connectivity index (χ0n) is 46.0. The van der Waals surface area contributed by atoms with Crippen LogP contribution >= 0.6 is 0 Å². The molecule has 3 aliphatic heterocycles. The molecular weight excluding hydrogens is 919 g/mol. The minimum Gasteiger partial charge on any atom is -0.459 e. The number of oxime groups is 1. The number of cyclic esters (lactones) is 1.